The van der Waals surface area contributed by atoms with E-state index < -0.39 is 16.1 Å². The minimum absolute atomic E-state index is 0.0192. The molecule has 0 aromatic heterocycles. The number of hydrogen-bond acceptors (Lipinski definition) is 6. The number of amidine groups is 1. The fourth-order valence-electron chi connectivity index (χ4n) is 1.88. The van der Waals surface area contributed by atoms with E-state index in [1.54, 1.807) is 19.1 Å². The van der Waals surface area contributed by atoms with Crippen molar-refractivity contribution in [2.75, 3.05) is 26.9 Å². The van der Waals surface area contributed by atoms with E-state index in [-0.39, 0.29) is 29.5 Å². The first kappa shape index (κ1) is 16.2. The van der Waals surface area contributed by atoms with E-state index >= 15 is 0 Å². The topological polar surface area (TPSA) is 103 Å². The third kappa shape index (κ3) is 3.37. The number of rotatable bonds is 5. The van der Waals surface area contributed by atoms with Crippen LogP contribution in [0, 0.1) is 0 Å². The monoisotopic (exact) mass is 328 g/mol. The summed E-state index contributed by atoms with van der Waals surface area (Å²) in [5.74, 6) is 0.188. The number of carbonyl (C=O) groups is 1. The van der Waals surface area contributed by atoms with Gasteiger partial charge in [0, 0.05) is 7.11 Å². The minimum Gasteiger partial charge on any atom is -0.490 e. The Morgan fingerprint density at radius 2 is 2.09 bits per heavy atom. The quantitative estimate of drug-likeness (QED) is 0.806. The fraction of sp³-hybridized carbons (Fsp3) is 0.385. The van der Waals surface area contributed by atoms with Crippen molar-refractivity contribution in [1.29, 1.82) is 0 Å². The molecular formula is C13H16N2O6S. The summed E-state index contributed by atoms with van der Waals surface area (Å²) in [6.45, 7) is 2.37. The van der Waals surface area contributed by atoms with Gasteiger partial charge in [-0.3, -0.25) is 5.32 Å². The normalized spacial score (nSPS) is 14.9. The van der Waals surface area contributed by atoms with Crippen LogP contribution in [0.1, 0.15) is 12.5 Å². The number of hydrogen-bond donors (Lipinski definition) is 1. The van der Waals surface area contributed by atoms with Gasteiger partial charge in [0.05, 0.1) is 18.8 Å². The molecule has 9 heteroatoms. The summed E-state index contributed by atoms with van der Waals surface area (Å²) in [7, 11) is -2.34. The second-order valence-corrected chi connectivity index (χ2v) is 5.80. The first-order valence-corrected chi connectivity index (χ1v) is 7.97. The lowest BCUT2D eigenvalue weighted by molar-refractivity contribution is 0.146. The molecule has 1 aliphatic rings. The molecule has 0 saturated carbocycles. The third-order valence-corrected chi connectivity index (χ3v) is 4.07. The largest absolute Gasteiger partial charge is 0.490 e. The summed E-state index contributed by atoms with van der Waals surface area (Å²) in [5.41, 5.74) is 0.214. The van der Waals surface area contributed by atoms with Gasteiger partial charge in [0.2, 0.25) is 0 Å². The summed E-state index contributed by atoms with van der Waals surface area (Å²) in [4.78, 5) is 11.5. The molecule has 1 amide bonds. The number of fused-ring (bicyclic) bond motifs is 1. The fourth-order valence-corrected chi connectivity index (χ4v) is 3.06. The first-order valence-electron chi connectivity index (χ1n) is 6.53. The maximum absolute atomic E-state index is 12.0. The average Bonchev–Trinajstić information content (AvgIpc) is 2.71. The van der Waals surface area contributed by atoms with Crippen LogP contribution in [0.25, 0.3) is 0 Å². The minimum atomic E-state index is -3.86. The molecule has 0 fully saturated rings. The van der Waals surface area contributed by atoms with Crippen molar-refractivity contribution in [3.8, 4) is 5.75 Å². The van der Waals surface area contributed by atoms with Crippen LogP contribution in [0.2, 0.25) is 0 Å². The van der Waals surface area contributed by atoms with Gasteiger partial charge in [0.1, 0.15) is 17.3 Å². The van der Waals surface area contributed by atoms with E-state index in [9.17, 15) is 13.2 Å². The molecule has 0 atom stereocenters. The maximum Gasteiger partial charge on any atom is 0.412 e. The molecule has 0 aliphatic carbocycles. The highest BCUT2D eigenvalue weighted by Gasteiger charge is 2.33. The molecule has 0 spiro atoms. The van der Waals surface area contributed by atoms with Gasteiger partial charge in [-0.25, -0.2) is 4.79 Å². The number of carbonyl (C=O) groups excluding carboxylic acids is 1. The van der Waals surface area contributed by atoms with E-state index in [2.05, 4.69) is 9.71 Å². The Morgan fingerprint density at radius 1 is 1.32 bits per heavy atom. The Balaban J connectivity index is 2.35. The summed E-state index contributed by atoms with van der Waals surface area (Å²) < 4.78 is 42.7. The average molecular weight is 328 g/mol. The molecule has 22 heavy (non-hydrogen) atoms. The zero-order valence-corrected chi connectivity index (χ0v) is 13.0. The molecule has 1 aliphatic heterocycles. The number of benzene rings is 1. The van der Waals surface area contributed by atoms with Crippen molar-refractivity contribution in [1.82, 2.24) is 5.32 Å². The molecule has 1 aromatic carbocycles. The number of amides is 1. The number of sulfonamides is 1. The molecule has 120 valence electrons. The summed E-state index contributed by atoms with van der Waals surface area (Å²) >= 11 is 0. The maximum atomic E-state index is 12.0. The summed E-state index contributed by atoms with van der Waals surface area (Å²) in [6.07, 6.45) is -0.781. The number of ether oxygens (including phenoxy) is 3. The lowest BCUT2D eigenvalue weighted by Gasteiger charge is -2.11. The van der Waals surface area contributed by atoms with Crippen LogP contribution in [0.4, 0.5) is 4.79 Å². The van der Waals surface area contributed by atoms with Gasteiger partial charge >= 0.3 is 6.09 Å². The highest BCUT2D eigenvalue weighted by atomic mass is 32.2. The van der Waals surface area contributed by atoms with E-state index in [4.69, 9.17) is 14.2 Å². The molecule has 0 saturated heterocycles. The van der Waals surface area contributed by atoms with Crippen LogP contribution in [-0.2, 0) is 19.5 Å². The standard InChI is InChI=1S/C13H16N2O6S/c1-3-20-13(16)14-12-11-9(21-8-7-19-2)5-4-6-10(11)22(17,18)15-12/h4-6H,3,7-8H2,1-2H3,(H,14,15,16). The van der Waals surface area contributed by atoms with Gasteiger partial charge < -0.3 is 14.2 Å². The van der Waals surface area contributed by atoms with Gasteiger partial charge in [0.15, 0.2) is 5.84 Å². The van der Waals surface area contributed by atoms with Crippen LogP contribution in [0.3, 0.4) is 0 Å². The van der Waals surface area contributed by atoms with Crippen LogP contribution in [0.5, 0.6) is 5.75 Å². The van der Waals surface area contributed by atoms with Crippen molar-refractivity contribution in [3.63, 3.8) is 0 Å². The highest BCUT2D eigenvalue weighted by molar-refractivity contribution is 7.90. The first-order chi connectivity index (χ1) is 10.5. The molecule has 0 unspecified atom stereocenters. The Morgan fingerprint density at radius 3 is 2.77 bits per heavy atom. The van der Waals surface area contributed by atoms with Crippen molar-refractivity contribution >= 4 is 22.0 Å². The van der Waals surface area contributed by atoms with Gasteiger partial charge in [-0.05, 0) is 19.1 Å². The predicted molar refractivity (Wildman–Crippen MR) is 77.7 cm³/mol. The van der Waals surface area contributed by atoms with Crippen LogP contribution < -0.4 is 10.1 Å². The number of methoxy groups -OCH3 is 1. The lowest BCUT2D eigenvalue weighted by atomic mass is 10.2. The van der Waals surface area contributed by atoms with E-state index in [1.165, 1.54) is 13.2 Å². The second-order valence-electron chi connectivity index (χ2n) is 4.23. The Kier molecular flexibility index (Phi) is 4.99. The van der Waals surface area contributed by atoms with Crippen molar-refractivity contribution in [3.05, 3.63) is 23.8 Å². The Hall–Kier alpha value is -2.13. The molecule has 1 N–H and O–H groups in total. The Labute approximate surface area is 128 Å². The molecule has 1 heterocycles. The van der Waals surface area contributed by atoms with E-state index in [0.29, 0.717) is 12.4 Å². The smallest absolute Gasteiger partial charge is 0.412 e. The van der Waals surface area contributed by atoms with Crippen molar-refractivity contribution in [2.24, 2.45) is 4.40 Å². The van der Waals surface area contributed by atoms with Crippen molar-refractivity contribution < 1.29 is 27.4 Å². The molecule has 0 radical (unpaired) electrons. The number of alkyl carbamates (subject to hydrolysis) is 1. The van der Waals surface area contributed by atoms with Gasteiger partial charge in [-0.2, -0.15) is 8.42 Å². The molecule has 0 bridgehead atoms. The second kappa shape index (κ2) is 6.75. The summed E-state index contributed by atoms with van der Waals surface area (Å²) in [5, 5.41) is 2.32. The lowest BCUT2D eigenvalue weighted by Crippen LogP contribution is -2.31. The van der Waals surface area contributed by atoms with E-state index in [0.717, 1.165) is 0 Å². The molecule has 1 aromatic rings. The van der Waals surface area contributed by atoms with Crippen LogP contribution >= 0.6 is 0 Å². The van der Waals surface area contributed by atoms with Crippen molar-refractivity contribution in [2.45, 2.75) is 11.8 Å². The highest BCUT2D eigenvalue weighted by Crippen LogP contribution is 2.32. The summed E-state index contributed by atoms with van der Waals surface area (Å²) in [6, 6.07) is 4.54. The van der Waals surface area contributed by atoms with Gasteiger partial charge in [0.25, 0.3) is 10.0 Å². The van der Waals surface area contributed by atoms with Crippen LogP contribution in [-0.4, -0.2) is 47.3 Å². The molecular weight excluding hydrogens is 312 g/mol. The predicted octanol–water partition coefficient (Wildman–Crippen LogP) is 0.907. The van der Waals surface area contributed by atoms with Crippen LogP contribution in [0.15, 0.2) is 27.5 Å². The SMILES string of the molecule is CCOC(=O)NC1=NS(=O)(=O)c2cccc(OCCOC)c21. The number of nitrogens with one attached hydrogen (secondary N) is 1. The third-order valence-electron chi connectivity index (χ3n) is 2.76. The molecule has 8 nitrogen and oxygen atoms in total. The zero-order valence-electron chi connectivity index (χ0n) is 12.2. The van der Waals surface area contributed by atoms with Gasteiger partial charge in [-0.1, -0.05) is 6.07 Å². The molecule has 2 rings (SSSR count). The zero-order chi connectivity index (χ0) is 16.2. The number of nitrogens with zero attached hydrogens (tertiary/aromatic N) is 1. The van der Waals surface area contributed by atoms with Gasteiger partial charge in [-0.15, -0.1) is 4.40 Å². The van der Waals surface area contributed by atoms with E-state index in [1.807, 2.05) is 0 Å². The Bertz CT molecular complexity index is 698.